The van der Waals surface area contributed by atoms with Crippen LogP contribution in [0.2, 0.25) is 0 Å². The lowest BCUT2D eigenvalue weighted by atomic mass is 9.98. The fourth-order valence-corrected chi connectivity index (χ4v) is 2.89. The van der Waals surface area contributed by atoms with E-state index in [1.807, 2.05) is 43.0 Å². The maximum absolute atomic E-state index is 12.6. The molecular formula is C16H25ClN4O2. The van der Waals surface area contributed by atoms with E-state index in [1.165, 1.54) is 0 Å². The van der Waals surface area contributed by atoms with Gasteiger partial charge >= 0.3 is 6.03 Å². The smallest absolute Gasteiger partial charge is 0.312 e. The summed E-state index contributed by atoms with van der Waals surface area (Å²) in [5, 5.41) is 5.96. The first-order chi connectivity index (χ1) is 10.5. The topological polar surface area (TPSA) is 87.5 Å². The molecule has 1 aliphatic rings. The number of carbonyl (C=O) groups excluding carboxylic acids is 2. The summed E-state index contributed by atoms with van der Waals surface area (Å²) in [7, 11) is 0. The Morgan fingerprint density at radius 3 is 2.74 bits per heavy atom. The average molecular weight is 341 g/mol. The zero-order valence-electron chi connectivity index (χ0n) is 13.5. The van der Waals surface area contributed by atoms with Crippen LogP contribution in [0.5, 0.6) is 0 Å². The van der Waals surface area contributed by atoms with E-state index in [4.69, 9.17) is 5.73 Å². The van der Waals surface area contributed by atoms with E-state index in [0.717, 1.165) is 24.2 Å². The molecule has 6 nitrogen and oxygen atoms in total. The Balaban J connectivity index is 0.00000264. The van der Waals surface area contributed by atoms with Crippen molar-refractivity contribution in [2.24, 2.45) is 5.73 Å². The minimum absolute atomic E-state index is 0. The number of hydrogen-bond acceptors (Lipinski definition) is 3. The van der Waals surface area contributed by atoms with Gasteiger partial charge in [-0.15, -0.1) is 12.4 Å². The summed E-state index contributed by atoms with van der Waals surface area (Å²) in [4.78, 5) is 25.7. The highest BCUT2D eigenvalue weighted by Gasteiger charge is 2.26. The van der Waals surface area contributed by atoms with Gasteiger partial charge in [-0.2, -0.15) is 0 Å². The largest absolute Gasteiger partial charge is 0.352 e. The van der Waals surface area contributed by atoms with Crippen LogP contribution < -0.4 is 16.4 Å². The van der Waals surface area contributed by atoms with Crippen molar-refractivity contribution in [3.05, 3.63) is 35.4 Å². The molecule has 1 heterocycles. The second-order valence-corrected chi connectivity index (χ2v) is 5.76. The molecule has 1 saturated heterocycles. The van der Waals surface area contributed by atoms with Crippen LogP contribution in [0.15, 0.2) is 24.3 Å². The molecule has 4 N–H and O–H groups in total. The van der Waals surface area contributed by atoms with Gasteiger partial charge < -0.3 is 21.3 Å². The number of aryl methyl sites for hydroxylation is 1. The number of piperazine rings is 1. The molecular weight excluding hydrogens is 316 g/mol. The molecule has 0 aromatic heterocycles. The molecule has 128 valence electrons. The van der Waals surface area contributed by atoms with Gasteiger partial charge in [-0.05, 0) is 25.0 Å². The molecule has 7 heteroatoms. The van der Waals surface area contributed by atoms with Gasteiger partial charge in [-0.3, -0.25) is 4.79 Å². The summed E-state index contributed by atoms with van der Waals surface area (Å²) < 4.78 is 0. The predicted octanol–water partition coefficient (Wildman–Crippen LogP) is 1.34. The molecule has 2 atom stereocenters. The Bertz CT molecular complexity index is 553. The van der Waals surface area contributed by atoms with Gasteiger partial charge in [-0.1, -0.05) is 24.3 Å². The number of rotatable bonds is 4. The van der Waals surface area contributed by atoms with Crippen molar-refractivity contribution < 1.29 is 9.59 Å². The van der Waals surface area contributed by atoms with E-state index in [9.17, 15) is 9.59 Å². The van der Waals surface area contributed by atoms with Crippen LogP contribution >= 0.6 is 12.4 Å². The van der Waals surface area contributed by atoms with Crippen LogP contribution in [-0.2, 0) is 4.79 Å². The first-order valence-corrected chi connectivity index (χ1v) is 7.60. The maximum Gasteiger partial charge on any atom is 0.312 e. The molecule has 1 fully saturated rings. The summed E-state index contributed by atoms with van der Waals surface area (Å²) in [6.45, 7) is 6.27. The highest BCUT2D eigenvalue weighted by molar-refractivity contribution is 5.85. The molecule has 0 radical (unpaired) electrons. The molecule has 1 aliphatic heterocycles. The second-order valence-electron chi connectivity index (χ2n) is 5.76. The van der Waals surface area contributed by atoms with Crippen LogP contribution in [0.4, 0.5) is 4.79 Å². The molecule has 2 rings (SSSR count). The normalized spacial score (nSPS) is 18.7. The lowest BCUT2D eigenvalue weighted by molar-refractivity contribution is -0.134. The molecule has 0 spiro atoms. The molecule has 0 aliphatic carbocycles. The van der Waals surface area contributed by atoms with Gasteiger partial charge in [0.05, 0.1) is 12.5 Å². The lowest BCUT2D eigenvalue weighted by Crippen LogP contribution is -2.53. The van der Waals surface area contributed by atoms with Crippen molar-refractivity contribution in [1.82, 2.24) is 15.5 Å². The standard InChI is InChI=1S/C16H24N4O2.ClH/c1-11-5-3-4-6-13(11)14(19-16(17)22)9-15(21)20-8-7-18-10-12(20)2;/h3-6,12,14,18H,7-10H2,1-2H3,(H3,17,19,22);1H. The Labute approximate surface area is 143 Å². The summed E-state index contributed by atoms with van der Waals surface area (Å²) in [6.07, 6.45) is 0.220. The molecule has 23 heavy (non-hydrogen) atoms. The van der Waals surface area contributed by atoms with Crippen molar-refractivity contribution in [1.29, 1.82) is 0 Å². The number of nitrogens with two attached hydrogens (primary N) is 1. The van der Waals surface area contributed by atoms with Gasteiger partial charge in [0.15, 0.2) is 0 Å². The third-order valence-corrected chi connectivity index (χ3v) is 4.08. The first-order valence-electron chi connectivity index (χ1n) is 7.60. The monoisotopic (exact) mass is 340 g/mol. The summed E-state index contributed by atoms with van der Waals surface area (Å²) in [5.74, 6) is 0.0380. The number of nitrogens with zero attached hydrogens (tertiary/aromatic N) is 1. The van der Waals surface area contributed by atoms with Gasteiger partial charge in [0.1, 0.15) is 0 Å². The number of urea groups is 1. The molecule has 0 saturated carbocycles. The number of primary amides is 1. The molecule has 2 unspecified atom stereocenters. The van der Waals surface area contributed by atoms with Gasteiger partial charge in [0.25, 0.3) is 0 Å². The van der Waals surface area contributed by atoms with Crippen LogP contribution in [0.25, 0.3) is 0 Å². The van der Waals surface area contributed by atoms with Gasteiger partial charge in [0.2, 0.25) is 5.91 Å². The molecule has 1 aromatic carbocycles. The van der Waals surface area contributed by atoms with Crippen LogP contribution in [0.3, 0.4) is 0 Å². The fraction of sp³-hybridized carbons (Fsp3) is 0.500. The SMILES string of the molecule is Cc1ccccc1C(CC(=O)N1CCNCC1C)NC(N)=O.Cl. The van der Waals surface area contributed by atoms with Gasteiger partial charge in [-0.25, -0.2) is 4.79 Å². The minimum Gasteiger partial charge on any atom is -0.352 e. The number of benzene rings is 1. The van der Waals surface area contributed by atoms with E-state index in [-0.39, 0.29) is 30.8 Å². The zero-order valence-corrected chi connectivity index (χ0v) is 14.4. The van der Waals surface area contributed by atoms with Crippen LogP contribution in [-0.4, -0.2) is 42.5 Å². The molecule has 0 bridgehead atoms. The van der Waals surface area contributed by atoms with E-state index in [2.05, 4.69) is 10.6 Å². The van der Waals surface area contributed by atoms with Crippen molar-refractivity contribution >= 4 is 24.3 Å². The van der Waals surface area contributed by atoms with E-state index in [1.54, 1.807) is 0 Å². The zero-order chi connectivity index (χ0) is 16.1. The highest BCUT2D eigenvalue weighted by atomic mass is 35.5. The first kappa shape index (κ1) is 19.3. The van der Waals surface area contributed by atoms with Crippen LogP contribution in [0.1, 0.15) is 30.5 Å². The van der Waals surface area contributed by atoms with Crippen molar-refractivity contribution in [2.45, 2.75) is 32.4 Å². The average Bonchev–Trinajstić information content (AvgIpc) is 2.47. The predicted molar refractivity (Wildman–Crippen MR) is 92.5 cm³/mol. The Hall–Kier alpha value is -1.79. The van der Waals surface area contributed by atoms with Crippen molar-refractivity contribution in [2.75, 3.05) is 19.6 Å². The minimum atomic E-state index is -0.616. The van der Waals surface area contributed by atoms with E-state index < -0.39 is 12.1 Å². The van der Waals surface area contributed by atoms with Crippen molar-refractivity contribution in [3.63, 3.8) is 0 Å². The molecule has 3 amide bonds. The molecule has 1 aromatic rings. The van der Waals surface area contributed by atoms with E-state index >= 15 is 0 Å². The summed E-state index contributed by atoms with van der Waals surface area (Å²) in [5.41, 5.74) is 7.24. The summed E-state index contributed by atoms with van der Waals surface area (Å²) in [6, 6.07) is 6.86. The highest BCUT2D eigenvalue weighted by Crippen LogP contribution is 2.22. The lowest BCUT2D eigenvalue weighted by Gasteiger charge is -2.35. The fourth-order valence-electron chi connectivity index (χ4n) is 2.89. The Morgan fingerprint density at radius 2 is 2.13 bits per heavy atom. The third-order valence-electron chi connectivity index (χ3n) is 4.08. The Kier molecular flexibility index (Phi) is 7.32. The number of carbonyl (C=O) groups is 2. The number of hydrogen-bond donors (Lipinski definition) is 3. The third kappa shape index (κ3) is 5.11. The van der Waals surface area contributed by atoms with Crippen LogP contribution in [0, 0.1) is 6.92 Å². The van der Waals surface area contributed by atoms with Gasteiger partial charge in [0, 0.05) is 25.7 Å². The number of halogens is 1. The number of amides is 3. The van der Waals surface area contributed by atoms with Crippen molar-refractivity contribution in [3.8, 4) is 0 Å². The number of nitrogens with one attached hydrogen (secondary N) is 2. The second kappa shape index (κ2) is 8.74. The maximum atomic E-state index is 12.6. The Morgan fingerprint density at radius 1 is 1.43 bits per heavy atom. The summed E-state index contributed by atoms with van der Waals surface area (Å²) >= 11 is 0. The van der Waals surface area contributed by atoms with E-state index in [0.29, 0.717) is 6.54 Å². The quantitative estimate of drug-likeness (QED) is 0.772.